The van der Waals surface area contributed by atoms with Gasteiger partial charge in [0.05, 0.1) is 13.1 Å². The summed E-state index contributed by atoms with van der Waals surface area (Å²) < 4.78 is 5.99. The van der Waals surface area contributed by atoms with Gasteiger partial charge in [0.25, 0.3) is 0 Å². The van der Waals surface area contributed by atoms with Crippen LogP contribution in [0.3, 0.4) is 0 Å². The quantitative estimate of drug-likeness (QED) is 0.348. The summed E-state index contributed by atoms with van der Waals surface area (Å²) in [7, 11) is 0. The summed E-state index contributed by atoms with van der Waals surface area (Å²) in [6.45, 7) is 4.96. The van der Waals surface area contributed by atoms with E-state index in [1.807, 2.05) is 41.3 Å². The molecule has 2 aromatic rings. The standard InChI is InChI=1S/C23H28N4O2.HI/c1-2-24-23(26-16-20-14-18-6-3-4-7-21(18)29-20)25-15-17-9-11-19(12-10-17)27-13-5-8-22(27)28;/h3-4,6-7,9-12,20H,2,5,8,13-16H2,1H3,(H2,24,25,26);1H. The lowest BCUT2D eigenvalue weighted by atomic mass is 10.1. The Balaban J connectivity index is 0.00000256. The van der Waals surface area contributed by atoms with Crippen LogP contribution < -0.4 is 20.3 Å². The minimum atomic E-state index is 0. The zero-order valence-electron chi connectivity index (χ0n) is 17.3. The van der Waals surface area contributed by atoms with E-state index >= 15 is 0 Å². The molecule has 1 unspecified atom stereocenters. The molecule has 30 heavy (non-hydrogen) atoms. The Bertz CT molecular complexity index is 860. The van der Waals surface area contributed by atoms with Crippen LogP contribution in [0.5, 0.6) is 5.75 Å². The number of carbonyl (C=O) groups is 1. The van der Waals surface area contributed by atoms with Crippen molar-refractivity contribution in [1.29, 1.82) is 0 Å². The van der Waals surface area contributed by atoms with Crippen LogP contribution in [0.2, 0.25) is 0 Å². The molecule has 0 aliphatic carbocycles. The van der Waals surface area contributed by atoms with Gasteiger partial charge in [-0.15, -0.1) is 24.0 Å². The molecule has 2 aliphatic heterocycles. The van der Waals surface area contributed by atoms with Crippen LogP contribution >= 0.6 is 24.0 Å². The molecule has 4 rings (SSSR count). The van der Waals surface area contributed by atoms with E-state index in [1.54, 1.807) is 0 Å². The van der Waals surface area contributed by atoms with Gasteiger partial charge in [0.1, 0.15) is 11.9 Å². The number of nitrogens with zero attached hydrogens (tertiary/aromatic N) is 2. The van der Waals surface area contributed by atoms with E-state index in [4.69, 9.17) is 9.73 Å². The zero-order valence-corrected chi connectivity index (χ0v) is 19.6. The summed E-state index contributed by atoms with van der Waals surface area (Å²) in [5, 5.41) is 6.68. The Labute approximate surface area is 195 Å². The second kappa shape index (κ2) is 10.7. The first kappa shape index (κ1) is 22.4. The van der Waals surface area contributed by atoms with Crippen LogP contribution in [-0.4, -0.2) is 37.6 Å². The number of benzene rings is 2. The maximum Gasteiger partial charge on any atom is 0.227 e. The lowest BCUT2D eigenvalue weighted by Crippen LogP contribution is -2.42. The molecule has 7 heteroatoms. The molecule has 1 atom stereocenters. The molecule has 0 spiro atoms. The molecule has 1 saturated heterocycles. The van der Waals surface area contributed by atoms with Gasteiger partial charge in [0.15, 0.2) is 5.96 Å². The minimum Gasteiger partial charge on any atom is -0.488 e. The van der Waals surface area contributed by atoms with Gasteiger partial charge in [-0.05, 0) is 42.7 Å². The molecule has 0 saturated carbocycles. The third-order valence-electron chi connectivity index (χ3n) is 5.30. The highest BCUT2D eigenvalue weighted by Crippen LogP contribution is 2.27. The Morgan fingerprint density at radius 2 is 1.97 bits per heavy atom. The molecule has 160 valence electrons. The van der Waals surface area contributed by atoms with Crippen LogP contribution in [0.1, 0.15) is 30.9 Å². The number of hydrogen-bond donors (Lipinski definition) is 2. The summed E-state index contributed by atoms with van der Waals surface area (Å²) in [6, 6.07) is 16.3. The Morgan fingerprint density at radius 3 is 2.67 bits per heavy atom. The zero-order chi connectivity index (χ0) is 20.1. The molecular formula is C23H29IN4O2. The third-order valence-corrected chi connectivity index (χ3v) is 5.30. The monoisotopic (exact) mass is 520 g/mol. The normalized spacial score (nSPS) is 17.9. The van der Waals surface area contributed by atoms with E-state index in [0.29, 0.717) is 19.5 Å². The van der Waals surface area contributed by atoms with Gasteiger partial charge in [-0.25, -0.2) is 4.99 Å². The summed E-state index contributed by atoms with van der Waals surface area (Å²) >= 11 is 0. The smallest absolute Gasteiger partial charge is 0.227 e. The largest absolute Gasteiger partial charge is 0.488 e. The van der Waals surface area contributed by atoms with E-state index in [1.165, 1.54) is 5.56 Å². The van der Waals surface area contributed by atoms with Crippen LogP contribution in [0.25, 0.3) is 0 Å². The Morgan fingerprint density at radius 1 is 1.17 bits per heavy atom. The SMILES string of the molecule is CCNC(=NCc1ccc(N2CCCC2=O)cc1)NCC1Cc2ccccc2O1.I. The predicted octanol–water partition coefficient (Wildman–Crippen LogP) is 3.49. The molecule has 6 nitrogen and oxygen atoms in total. The van der Waals surface area contributed by atoms with Gasteiger partial charge in [-0.2, -0.15) is 0 Å². The number of rotatable bonds is 6. The Hall–Kier alpha value is -2.29. The fourth-order valence-corrected chi connectivity index (χ4v) is 3.79. The highest BCUT2D eigenvalue weighted by Gasteiger charge is 2.22. The topological polar surface area (TPSA) is 66.0 Å². The van der Waals surface area contributed by atoms with Gasteiger partial charge in [0.2, 0.25) is 5.91 Å². The van der Waals surface area contributed by atoms with E-state index in [0.717, 1.165) is 48.9 Å². The highest BCUT2D eigenvalue weighted by molar-refractivity contribution is 14.0. The maximum atomic E-state index is 11.9. The molecule has 2 aliphatic rings. The van der Waals surface area contributed by atoms with E-state index in [9.17, 15) is 4.79 Å². The molecule has 0 aromatic heterocycles. The first-order valence-corrected chi connectivity index (χ1v) is 10.4. The second-order valence-corrected chi connectivity index (χ2v) is 7.44. The lowest BCUT2D eigenvalue weighted by Gasteiger charge is -2.16. The van der Waals surface area contributed by atoms with Gasteiger partial charge < -0.3 is 20.3 Å². The highest BCUT2D eigenvalue weighted by atomic mass is 127. The number of para-hydroxylation sites is 1. The first-order valence-electron chi connectivity index (χ1n) is 10.4. The number of aliphatic imine (C=N–C) groups is 1. The number of guanidine groups is 1. The first-order chi connectivity index (χ1) is 14.2. The maximum absolute atomic E-state index is 11.9. The van der Waals surface area contributed by atoms with Crippen molar-refractivity contribution in [2.75, 3.05) is 24.5 Å². The lowest BCUT2D eigenvalue weighted by molar-refractivity contribution is -0.117. The van der Waals surface area contributed by atoms with Gasteiger partial charge in [-0.1, -0.05) is 30.3 Å². The van der Waals surface area contributed by atoms with Gasteiger partial charge in [-0.3, -0.25) is 4.79 Å². The van der Waals surface area contributed by atoms with Crippen molar-refractivity contribution in [1.82, 2.24) is 10.6 Å². The van der Waals surface area contributed by atoms with Crippen molar-refractivity contribution < 1.29 is 9.53 Å². The van der Waals surface area contributed by atoms with Crippen molar-refractivity contribution in [3.63, 3.8) is 0 Å². The van der Waals surface area contributed by atoms with Crippen LogP contribution in [0.4, 0.5) is 5.69 Å². The van der Waals surface area contributed by atoms with Crippen molar-refractivity contribution in [3.8, 4) is 5.75 Å². The van der Waals surface area contributed by atoms with Crippen molar-refractivity contribution in [2.24, 2.45) is 4.99 Å². The number of halogens is 1. The summed E-state index contributed by atoms with van der Waals surface area (Å²) in [4.78, 5) is 18.4. The molecule has 1 fully saturated rings. The molecule has 2 aromatic carbocycles. The third kappa shape index (κ3) is 5.44. The minimum absolute atomic E-state index is 0. The van der Waals surface area contributed by atoms with Crippen molar-refractivity contribution in [3.05, 3.63) is 59.7 Å². The van der Waals surface area contributed by atoms with Gasteiger partial charge in [0, 0.05) is 31.6 Å². The van der Waals surface area contributed by atoms with E-state index in [-0.39, 0.29) is 36.0 Å². The molecule has 2 heterocycles. The summed E-state index contributed by atoms with van der Waals surface area (Å²) in [5.74, 6) is 1.98. The molecular weight excluding hydrogens is 491 g/mol. The summed E-state index contributed by atoms with van der Waals surface area (Å²) in [5.41, 5.74) is 3.35. The van der Waals surface area contributed by atoms with Crippen molar-refractivity contribution in [2.45, 2.75) is 38.8 Å². The molecule has 0 radical (unpaired) electrons. The van der Waals surface area contributed by atoms with Gasteiger partial charge >= 0.3 is 0 Å². The average Bonchev–Trinajstić information content (AvgIpc) is 3.36. The average molecular weight is 520 g/mol. The van der Waals surface area contributed by atoms with Crippen molar-refractivity contribution >= 4 is 41.5 Å². The number of anilines is 1. The number of nitrogens with one attached hydrogen (secondary N) is 2. The van der Waals surface area contributed by atoms with Crippen LogP contribution in [0, 0.1) is 0 Å². The van der Waals surface area contributed by atoms with E-state index < -0.39 is 0 Å². The Kier molecular flexibility index (Phi) is 7.95. The van der Waals surface area contributed by atoms with Crippen LogP contribution in [0.15, 0.2) is 53.5 Å². The number of fused-ring (bicyclic) bond motifs is 1. The number of hydrogen-bond acceptors (Lipinski definition) is 3. The summed E-state index contributed by atoms with van der Waals surface area (Å²) in [6.07, 6.45) is 2.63. The molecule has 0 bridgehead atoms. The van der Waals surface area contributed by atoms with Crippen LogP contribution in [-0.2, 0) is 17.8 Å². The number of ether oxygens (including phenoxy) is 1. The fourth-order valence-electron chi connectivity index (χ4n) is 3.79. The second-order valence-electron chi connectivity index (χ2n) is 7.44. The number of amides is 1. The molecule has 2 N–H and O–H groups in total. The fraction of sp³-hybridized carbons (Fsp3) is 0.391. The van der Waals surface area contributed by atoms with E-state index in [2.05, 4.69) is 29.7 Å². The predicted molar refractivity (Wildman–Crippen MR) is 131 cm³/mol. The number of carbonyl (C=O) groups excluding carboxylic acids is 1. The molecule has 1 amide bonds.